The van der Waals surface area contributed by atoms with Crippen LogP contribution in [0.3, 0.4) is 0 Å². The molecular weight excluding hydrogens is 841 g/mol. The van der Waals surface area contributed by atoms with Crippen LogP contribution in [0.5, 0.6) is 0 Å². The van der Waals surface area contributed by atoms with E-state index >= 15 is 0 Å². The van der Waals surface area contributed by atoms with Gasteiger partial charge in [-0.15, -0.1) is 0 Å². The highest BCUT2D eigenvalue weighted by Crippen LogP contribution is 2.16. The first kappa shape index (κ1) is 69.4. The third kappa shape index (κ3) is 77.3. The van der Waals surface area contributed by atoms with Crippen molar-refractivity contribution in [2.75, 3.05) is 0 Å². The van der Waals surface area contributed by atoms with E-state index in [1.54, 1.807) is 6.08 Å². The Hall–Kier alpha value is -2.89. The van der Waals surface area contributed by atoms with Crippen LogP contribution in [0.1, 0.15) is 316 Å². The molecule has 0 amide bonds. The smallest absolute Gasteiger partial charge is 0.328 e. The molecule has 68 heavy (non-hydrogen) atoms. The Balaban J connectivity index is -0.000000933. The van der Waals surface area contributed by atoms with Gasteiger partial charge in [0.1, 0.15) is 0 Å². The van der Waals surface area contributed by atoms with E-state index < -0.39 is 17.9 Å². The molecule has 0 saturated heterocycles. The summed E-state index contributed by atoms with van der Waals surface area (Å²) in [6.07, 6.45) is 78.0. The van der Waals surface area contributed by atoms with E-state index in [2.05, 4.69) is 63.3 Å². The first-order valence-corrected chi connectivity index (χ1v) is 29.3. The number of allylic oxidation sites excluding steroid dienone is 9. The van der Waals surface area contributed by atoms with Crippen molar-refractivity contribution in [2.45, 2.75) is 316 Å². The van der Waals surface area contributed by atoms with Crippen LogP contribution in [0.2, 0.25) is 0 Å². The number of carboxylic acid groups (broad SMARTS) is 3. The van der Waals surface area contributed by atoms with Crippen molar-refractivity contribution in [1.29, 1.82) is 0 Å². The van der Waals surface area contributed by atoms with Crippen LogP contribution >= 0.6 is 0 Å². The standard InChI is InChI=1S/C22H44O2.C20H36O2.C20H34O2/c1-2-3-4-5-6-7-8-9-10-11-12-13-14-15-16-17-18-19-20-21-22(23)24;2*1-2-3-4-5-6-7-8-9-10-11-12-13-14-15-16-17-18-19-20(21)22/h2-21H2,1H3,(H,23,24);16-19H,2-15H2,1H3,(H,21,22);3-4,6-7,9-10H,2,5,8,11-19H2,1H3,(H,21,22)/b;;4-3?,7-6?,10-9-. The van der Waals surface area contributed by atoms with Crippen LogP contribution in [-0.2, 0) is 14.4 Å². The molecule has 0 aromatic carbocycles. The monoisotopic (exact) mass is 955 g/mol. The number of aliphatic carboxylic acids is 3. The van der Waals surface area contributed by atoms with Crippen molar-refractivity contribution in [3.8, 4) is 0 Å². The van der Waals surface area contributed by atoms with Crippen molar-refractivity contribution in [2.24, 2.45) is 0 Å². The average molecular weight is 956 g/mol. The van der Waals surface area contributed by atoms with Crippen LogP contribution in [0, 0.1) is 0 Å². The topological polar surface area (TPSA) is 112 Å². The Morgan fingerprint density at radius 3 is 0.853 bits per heavy atom. The second kappa shape index (κ2) is 66.2. The predicted molar refractivity (Wildman–Crippen MR) is 298 cm³/mol. The first-order chi connectivity index (χ1) is 33.3. The van der Waals surface area contributed by atoms with Gasteiger partial charge in [0.15, 0.2) is 0 Å². The van der Waals surface area contributed by atoms with Crippen molar-refractivity contribution < 1.29 is 29.7 Å². The molecule has 0 unspecified atom stereocenters. The van der Waals surface area contributed by atoms with Crippen LogP contribution in [0.15, 0.2) is 60.8 Å². The Kier molecular flexibility index (Phi) is 67.5. The predicted octanol–water partition coefficient (Wildman–Crippen LogP) is 21.0. The first-order valence-electron chi connectivity index (χ1n) is 29.3. The lowest BCUT2D eigenvalue weighted by atomic mass is 10.0. The van der Waals surface area contributed by atoms with E-state index in [1.807, 2.05) is 6.08 Å². The Bertz CT molecular complexity index is 1150. The molecule has 0 aliphatic rings. The summed E-state index contributed by atoms with van der Waals surface area (Å²) in [6, 6.07) is 0. The molecule has 0 bridgehead atoms. The van der Waals surface area contributed by atoms with Gasteiger partial charge in [-0.3, -0.25) is 9.59 Å². The van der Waals surface area contributed by atoms with Gasteiger partial charge in [-0.1, -0.05) is 300 Å². The fourth-order valence-electron chi connectivity index (χ4n) is 8.20. The van der Waals surface area contributed by atoms with Crippen LogP contribution < -0.4 is 0 Å². The summed E-state index contributed by atoms with van der Waals surface area (Å²) in [6.45, 7) is 6.71. The minimum Gasteiger partial charge on any atom is -0.481 e. The van der Waals surface area contributed by atoms with E-state index in [4.69, 9.17) is 15.3 Å². The van der Waals surface area contributed by atoms with Crippen LogP contribution in [-0.4, -0.2) is 33.2 Å². The lowest BCUT2D eigenvalue weighted by Gasteiger charge is -2.03. The molecule has 0 fully saturated rings. The van der Waals surface area contributed by atoms with Gasteiger partial charge in [0.25, 0.3) is 0 Å². The molecule has 0 aliphatic carbocycles. The zero-order chi connectivity index (χ0) is 50.3. The molecule has 0 aromatic heterocycles. The molecule has 0 saturated carbocycles. The Morgan fingerprint density at radius 1 is 0.294 bits per heavy atom. The molecule has 0 rings (SSSR count). The third-order valence-corrected chi connectivity index (χ3v) is 12.5. The zero-order valence-corrected chi connectivity index (χ0v) is 45.4. The minimum atomic E-state index is -0.884. The van der Waals surface area contributed by atoms with E-state index in [1.165, 1.54) is 237 Å². The number of unbranched alkanes of at least 4 members (excludes halogenated alkanes) is 38. The largest absolute Gasteiger partial charge is 0.481 e. The molecule has 3 N–H and O–H groups in total. The molecular formula is C62H114O6. The SMILES string of the molecule is CCC=CCC=CC/C=C\CCCCCCCCCC(=O)O.CCCCCCCCCCCCCCCC=CC=CC(=O)O.CCCCCCCCCCCCCCCCCCCCCC(=O)O. The van der Waals surface area contributed by atoms with E-state index in [-0.39, 0.29) is 0 Å². The molecule has 0 aromatic rings. The van der Waals surface area contributed by atoms with E-state index in [0.29, 0.717) is 12.8 Å². The van der Waals surface area contributed by atoms with Gasteiger partial charge in [-0.05, 0) is 57.8 Å². The van der Waals surface area contributed by atoms with Gasteiger partial charge in [-0.25, -0.2) is 4.79 Å². The minimum absolute atomic E-state index is 0.328. The highest BCUT2D eigenvalue weighted by molar-refractivity contribution is 5.80. The second-order valence-corrected chi connectivity index (χ2v) is 19.4. The molecule has 0 heterocycles. The normalized spacial score (nSPS) is 11.6. The zero-order valence-electron chi connectivity index (χ0n) is 45.4. The number of hydrogen-bond acceptors (Lipinski definition) is 3. The summed E-state index contributed by atoms with van der Waals surface area (Å²) in [4.78, 5) is 31.0. The maximum absolute atomic E-state index is 10.4. The molecule has 6 heteroatoms. The maximum atomic E-state index is 10.4. The van der Waals surface area contributed by atoms with Crippen molar-refractivity contribution in [3.05, 3.63) is 60.8 Å². The third-order valence-electron chi connectivity index (χ3n) is 12.5. The number of hydrogen-bond donors (Lipinski definition) is 3. The quantitative estimate of drug-likeness (QED) is 0.0242. The fourth-order valence-corrected chi connectivity index (χ4v) is 8.20. The molecule has 398 valence electrons. The molecule has 0 aliphatic heterocycles. The lowest BCUT2D eigenvalue weighted by Crippen LogP contribution is -1.93. The Labute approximate surface area is 422 Å². The highest BCUT2D eigenvalue weighted by Gasteiger charge is 1.99. The summed E-state index contributed by atoms with van der Waals surface area (Å²) in [7, 11) is 0. The highest BCUT2D eigenvalue weighted by atomic mass is 16.4. The summed E-state index contributed by atoms with van der Waals surface area (Å²) in [5.41, 5.74) is 0. The summed E-state index contributed by atoms with van der Waals surface area (Å²) < 4.78 is 0. The number of rotatable bonds is 51. The second-order valence-electron chi connectivity index (χ2n) is 19.4. The maximum Gasteiger partial charge on any atom is 0.328 e. The fraction of sp³-hybridized carbons (Fsp3) is 0.790. The van der Waals surface area contributed by atoms with Gasteiger partial charge in [-0.2, -0.15) is 0 Å². The number of carboxylic acids is 3. The average Bonchev–Trinajstić information content (AvgIpc) is 3.32. The summed E-state index contributed by atoms with van der Waals surface area (Å²) >= 11 is 0. The van der Waals surface area contributed by atoms with E-state index in [0.717, 1.165) is 51.4 Å². The molecule has 0 radical (unpaired) electrons. The molecule has 0 atom stereocenters. The Morgan fingerprint density at radius 2 is 0.559 bits per heavy atom. The van der Waals surface area contributed by atoms with Gasteiger partial charge in [0.05, 0.1) is 0 Å². The van der Waals surface area contributed by atoms with Gasteiger partial charge in [0, 0.05) is 18.9 Å². The van der Waals surface area contributed by atoms with Gasteiger partial charge in [0.2, 0.25) is 0 Å². The summed E-state index contributed by atoms with van der Waals surface area (Å²) in [5.74, 6) is -2.20. The van der Waals surface area contributed by atoms with Crippen LogP contribution in [0.25, 0.3) is 0 Å². The van der Waals surface area contributed by atoms with Crippen LogP contribution in [0.4, 0.5) is 0 Å². The number of carbonyl (C=O) groups is 3. The van der Waals surface area contributed by atoms with Crippen molar-refractivity contribution in [3.63, 3.8) is 0 Å². The summed E-state index contributed by atoms with van der Waals surface area (Å²) in [5, 5.41) is 25.5. The van der Waals surface area contributed by atoms with Gasteiger partial charge < -0.3 is 15.3 Å². The van der Waals surface area contributed by atoms with E-state index in [9.17, 15) is 14.4 Å². The molecule has 6 nitrogen and oxygen atoms in total. The lowest BCUT2D eigenvalue weighted by molar-refractivity contribution is -0.138. The van der Waals surface area contributed by atoms with Gasteiger partial charge >= 0.3 is 17.9 Å². The molecule has 0 spiro atoms. The van der Waals surface area contributed by atoms with Crippen molar-refractivity contribution >= 4 is 17.9 Å². The van der Waals surface area contributed by atoms with Crippen molar-refractivity contribution in [1.82, 2.24) is 0 Å².